The lowest BCUT2D eigenvalue weighted by Crippen LogP contribution is -2.46. The number of hydrogen-bond donors (Lipinski definition) is 2. The van der Waals surface area contributed by atoms with Crippen molar-refractivity contribution >= 4 is 33.5 Å². The van der Waals surface area contributed by atoms with Gasteiger partial charge in [-0.2, -0.15) is 4.39 Å². The Morgan fingerprint density at radius 3 is 2.64 bits per heavy atom. The first-order valence-electron chi connectivity index (χ1n) is 10.5. The van der Waals surface area contributed by atoms with Crippen LogP contribution in [0.2, 0.25) is 0 Å². The molecule has 0 atom stereocenters. The minimum absolute atomic E-state index is 0.0223. The third-order valence-corrected chi connectivity index (χ3v) is 6.01. The number of nitrogens with one attached hydrogen (secondary N) is 2. The van der Waals surface area contributed by atoms with Gasteiger partial charge in [-0.05, 0) is 24.3 Å². The van der Waals surface area contributed by atoms with E-state index in [-0.39, 0.29) is 11.2 Å². The number of nitrogens with zero attached hydrogens (tertiary/aromatic N) is 3. The van der Waals surface area contributed by atoms with E-state index in [4.69, 9.17) is 4.42 Å². The van der Waals surface area contributed by atoms with E-state index in [9.17, 15) is 14.0 Å². The highest BCUT2D eigenvalue weighted by Gasteiger charge is 2.23. The molecule has 8 nitrogen and oxygen atoms in total. The van der Waals surface area contributed by atoms with Crippen molar-refractivity contribution in [3.63, 3.8) is 0 Å². The van der Waals surface area contributed by atoms with Crippen LogP contribution in [0.5, 0.6) is 0 Å². The van der Waals surface area contributed by atoms with Gasteiger partial charge < -0.3 is 19.6 Å². The SMILES string of the molecule is CNC(=O)c1ccc(N2CCN(Cc3ccc4c([nH]c(=O)c5ccoc54)c3F)CC2)c(F)n1. The summed E-state index contributed by atoms with van der Waals surface area (Å²) in [5, 5.41) is 3.32. The number of anilines is 1. The van der Waals surface area contributed by atoms with Crippen molar-refractivity contribution in [2.45, 2.75) is 6.54 Å². The number of fused-ring (bicyclic) bond motifs is 3. The smallest absolute Gasteiger partial charge is 0.269 e. The molecule has 0 spiro atoms. The molecule has 5 rings (SSSR count). The van der Waals surface area contributed by atoms with Crippen molar-refractivity contribution in [1.29, 1.82) is 0 Å². The molecule has 0 aliphatic carbocycles. The molecular formula is C23H21F2N5O3. The average molecular weight is 453 g/mol. The second kappa shape index (κ2) is 8.28. The predicted octanol–water partition coefficient (Wildman–Crippen LogP) is 2.63. The Morgan fingerprint density at radius 2 is 1.91 bits per heavy atom. The third-order valence-electron chi connectivity index (χ3n) is 6.01. The van der Waals surface area contributed by atoms with Crippen molar-refractivity contribution in [1.82, 2.24) is 20.2 Å². The number of aromatic amines is 1. The Bertz CT molecular complexity index is 1420. The van der Waals surface area contributed by atoms with Crippen LogP contribution in [0.3, 0.4) is 0 Å². The summed E-state index contributed by atoms with van der Waals surface area (Å²) in [5.41, 5.74) is 0.913. The molecule has 1 aromatic carbocycles. The summed E-state index contributed by atoms with van der Waals surface area (Å²) >= 11 is 0. The van der Waals surface area contributed by atoms with E-state index in [1.165, 1.54) is 19.4 Å². The van der Waals surface area contributed by atoms with Gasteiger partial charge in [0.25, 0.3) is 11.5 Å². The van der Waals surface area contributed by atoms with Crippen molar-refractivity contribution in [3.05, 3.63) is 70.0 Å². The molecule has 170 valence electrons. The molecular weight excluding hydrogens is 432 g/mol. The highest BCUT2D eigenvalue weighted by molar-refractivity contribution is 6.02. The maximum absolute atomic E-state index is 15.2. The van der Waals surface area contributed by atoms with Crippen molar-refractivity contribution in [2.75, 3.05) is 38.1 Å². The van der Waals surface area contributed by atoms with Gasteiger partial charge in [0.1, 0.15) is 11.3 Å². The van der Waals surface area contributed by atoms with Crippen molar-refractivity contribution in [2.24, 2.45) is 0 Å². The van der Waals surface area contributed by atoms with Gasteiger partial charge in [0.15, 0.2) is 5.82 Å². The Hall–Kier alpha value is -3.79. The van der Waals surface area contributed by atoms with Gasteiger partial charge in [0.05, 0.1) is 22.9 Å². The number of carbonyl (C=O) groups excluding carboxylic acids is 1. The zero-order chi connectivity index (χ0) is 23.1. The van der Waals surface area contributed by atoms with E-state index in [1.807, 2.05) is 4.90 Å². The van der Waals surface area contributed by atoms with Crippen LogP contribution in [0.1, 0.15) is 16.1 Å². The van der Waals surface area contributed by atoms with Gasteiger partial charge in [0.2, 0.25) is 5.95 Å². The summed E-state index contributed by atoms with van der Waals surface area (Å²) < 4.78 is 35.1. The first kappa shape index (κ1) is 21.1. The fourth-order valence-corrected chi connectivity index (χ4v) is 4.24. The second-order valence-electron chi connectivity index (χ2n) is 7.93. The van der Waals surface area contributed by atoms with Gasteiger partial charge in [-0.1, -0.05) is 6.07 Å². The summed E-state index contributed by atoms with van der Waals surface area (Å²) in [7, 11) is 1.46. The van der Waals surface area contributed by atoms with Crippen LogP contribution in [0.25, 0.3) is 21.9 Å². The number of rotatable bonds is 4. The summed E-state index contributed by atoms with van der Waals surface area (Å²) in [6.07, 6.45) is 1.41. The molecule has 1 amide bonds. The molecule has 0 bridgehead atoms. The fraction of sp³-hybridized carbons (Fsp3) is 0.261. The average Bonchev–Trinajstić information content (AvgIpc) is 3.32. The van der Waals surface area contributed by atoms with Crippen LogP contribution in [0, 0.1) is 11.8 Å². The molecule has 1 aliphatic heterocycles. The molecule has 10 heteroatoms. The van der Waals surface area contributed by atoms with E-state index in [2.05, 4.69) is 20.2 Å². The van der Waals surface area contributed by atoms with Crippen LogP contribution in [0.15, 0.2) is 45.8 Å². The summed E-state index contributed by atoms with van der Waals surface area (Å²) in [6.45, 7) is 2.57. The second-order valence-corrected chi connectivity index (χ2v) is 7.93. The highest BCUT2D eigenvalue weighted by atomic mass is 19.1. The normalized spacial score (nSPS) is 14.8. The monoisotopic (exact) mass is 453 g/mol. The number of aromatic nitrogens is 2. The van der Waals surface area contributed by atoms with E-state index >= 15 is 4.39 Å². The lowest BCUT2D eigenvalue weighted by molar-refractivity contribution is 0.0957. The van der Waals surface area contributed by atoms with Crippen molar-refractivity contribution in [3.8, 4) is 0 Å². The quantitative estimate of drug-likeness (QED) is 0.462. The zero-order valence-corrected chi connectivity index (χ0v) is 17.8. The van der Waals surface area contributed by atoms with Crippen LogP contribution in [-0.2, 0) is 6.54 Å². The number of halogens is 2. The topological polar surface area (TPSA) is 94.5 Å². The van der Waals surface area contributed by atoms with Crippen molar-refractivity contribution < 1.29 is 18.0 Å². The minimum Gasteiger partial charge on any atom is -0.463 e. The molecule has 2 N–H and O–H groups in total. The number of pyridine rings is 2. The first-order chi connectivity index (χ1) is 16.0. The zero-order valence-electron chi connectivity index (χ0n) is 17.8. The van der Waals surface area contributed by atoms with Crippen LogP contribution >= 0.6 is 0 Å². The lowest BCUT2D eigenvalue weighted by Gasteiger charge is -2.36. The number of benzene rings is 1. The Balaban J connectivity index is 1.31. The molecule has 1 aliphatic rings. The number of furan rings is 1. The van der Waals surface area contributed by atoms with Gasteiger partial charge >= 0.3 is 0 Å². The molecule has 1 fully saturated rings. The molecule has 1 saturated heterocycles. The summed E-state index contributed by atoms with van der Waals surface area (Å²) in [6, 6.07) is 8.05. The number of piperazine rings is 1. The molecule has 0 radical (unpaired) electrons. The number of carbonyl (C=O) groups is 1. The number of hydrogen-bond acceptors (Lipinski definition) is 6. The highest BCUT2D eigenvalue weighted by Crippen LogP contribution is 2.27. The molecule has 4 aromatic rings. The van der Waals surface area contributed by atoms with E-state index in [1.54, 1.807) is 24.3 Å². The predicted molar refractivity (Wildman–Crippen MR) is 119 cm³/mol. The number of H-pyrrole nitrogens is 1. The summed E-state index contributed by atoms with van der Waals surface area (Å²) in [5.74, 6) is -1.62. The van der Waals surface area contributed by atoms with Gasteiger partial charge in [0, 0.05) is 50.7 Å². The Morgan fingerprint density at radius 1 is 1.12 bits per heavy atom. The molecule has 3 aromatic heterocycles. The Labute approximate surface area is 186 Å². The maximum atomic E-state index is 15.2. The number of amides is 1. The molecule has 4 heterocycles. The van der Waals surface area contributed by atoms with Gasteiger partial charge in [-0.25, -0.2) is 9.37 Å². The first-order valence-corrected chi connectivity index (χ1v) is 10.5. The Kier molecular flexibility index (Phi) is 5.29. The van der Waals surface area contributed by atoms with Crippen LogP contribution < -0.4 is 15.8 Å². The maximum Gasteiger partial charge on any atom is 0.269 e. The van der Waals surface area contributed by atoms with Gasteiger partial charge in [-0.15, -0.1) is 0 Å². The fourth-order valence-electron chi connectivity index (χ4n) is 4.24. The largest absolute Gasteiger partial charge is 0.463 e. The van der Waals surface area contributed by atoms with Crippen LogP contribution in [0.4, 0.5) is 14.5 Å². The molecule has 33 heavy (non-hydrogen) atoms. The lowest BCUT2D eigenvalue weighted by atomic mass is 10.1. The van der Waals surface area contributed by atoms with Crippen LogP contribution in [-0.4, -0.2) is 54.0 Å². The van der Waals surface area contributed by atoms with E-state index in [0.717, 1.165) is 0 Å². The van der Waals surface area contributed by atoms with Gasteiger partial charge in [-0.3, -0.25) is 14.5 Å². The standard InChI is InChI=1S/C23H21F2N5O3/c1-26-23(32)16-4-5-17(21(25)27-16)30-9-7-29(8-10-30)12-13-2-3-14-19(18(13)24)28-22(31)15-6-11-33-20(14)15/h2-6,11H,7-10,12H2,1H3,(H,26,32)(H,28,31). The third kappa shape index (κ3) is 3.72. The van der Waals surface area contributed by atoms with E-state index < -0.39 is 23.2 Å². The molecule has 0 saturated carbocycles. The minimum atomic E-state index is -0.696. The summed E-state index contributed by atoms with van der Waals surface area (Å²) in [4.78, 5) is 34.1. The van der Waals surface area contributed by atoms with E-state index in [0.29, 0.717) is 60.3 Å². The molecule has 0 unspecified atom stereocenters.